The molecule has 0 heteroatoms. The molecule has 0 bridgehead atoms. The second kappa shape index (κ2) is 6.12. The van der Waals surface area contributed by atoms with Gasteiger partial charge in [0.05, 0.1) is 0 Å². The van der Waals surface area contributed by atoms with Crippen LogP contribution in [0.2, 0.25) is 0 Å². The van der Waals surface area contributed by atoms with Crippen LogP contribution in [0.3, 0.4) is 0 Å². The van der Waals surface area contributed by atoms with Crippen molar-refractivity contribution in [1.29, 1.82) is 0 Å². The highest BCUT2D eigenvalue weighted by Crippen LogP contribution is 2.16. The van der Waals surface area contributed by atoms with Gasteiger partial charge in [0.25, 0.3) is 0 Å². The van der Waals surface area contributed by atoms with Crippen molar-refractivity contribution in [3.8, 4) is 0 Å². The lowest BCUT2D eigenvalue weighted by Crippen LogP contribution is -1.96. The summed E-state index contributed by atoms with van der Waals surface area (Å²) >= 11 is 0. The number of rotatable bonds is 5. The van der Waals surface area contributed by atoms with Crippen molar-refractivity contribution in [2.24, 2.45) is 5.92 Å². The van der Waals surface area contributed by atoms with E-state index in [-0.39, 0.29) is 0 Å². The van der Waals surface area contributed by atoms with Gasteiger partial charge in [0.2, 0.25) is 0 Å². The minimum absolute atomic E-state index is 1.01. The van der Waals surface area contributed by atoms with E-state index in [0.717, 1.165) is 5.92 Å². The Kier molecular flexibility index (Phi) is 6.12. The van der Waals surface area contributed by atoms with Crippen LogP contribution in [0.15, 0.2) is 0 Å². The molecule has 0 nitrogen and oxygen atoms in total. The molecule has 0 heterocycles. The van der Waals surface area contributed by atoms with Crippen LogP contribution in [0, 0.1) is 5.92 Å². The zero-order valence-electron chi connectivity index (χ0n) is 7.11. The average Bonchev–Trinajstić information content (AvgIpc) is 1.88. The van der Waals surface area contributed by atoms with Gasteiger partial charge in [-0.25, -0.2) is 0 Å². The highest BCUT2D eigenvalue weighted by atomic mass is 14.1. The van der Waals surface area contributed by atoms with Gasteiger partial charge in [0, 0.05) is 0 Å². The van der Waals surface area contributed by atoms with E-state index in [1.54, 1.807) is 0 Å². The maximum atomic E-state index is 2.30. The Balaban J connectivity index is 3.18. The third-order valence-corrected chi connectivity index (χ3v) is 1.97. The predicted octanol–water partition coefficient (Wildman–Crippen LogP) is 3.61. The molecule has 0 saturated heterocycles. The first kappa shape index (κ1) is 9.00. The molecule has 0 saturated carbocycles. The summed E-state index contributed by atoms with van der Waals surface area (Å²) in [5.74, 6) is 1.01. The van der Waals surface area contributed by atoms with Crippen molar-refractivity contribution >= 4 is 0 Å². The first-order chi connectivity index (χ1) is 4.35. The Hall–Kier alpha value is 0. The Morgan fingerprint density at radius 3 is 1.56 bits per heavy atom. The fourth-order valence-corrected chi connectivity index (χ4v) is 1.37. The van der Waals surface area contributed by atoms with Gasteiger partial charge in [0.1, 0.15) is 0 Å². The summed E-state index contributed by atoms with van der Waals surface area (Å²) in [4.78, 5) is 0. The fourth-order valence-electron chi connectivity index (χ4n) is 1.37. The SMILES string of the molecule is CCCC(CC)CCC. The molecular weight excluding hydrogens is 108 g/mol. The summed E-state index contributed by atoms with van der Waals surface area (Å²) in [5.41, 5.74) is 0. The second-order valence-corrected chi connectivity index (χ2v) is 2.85. The van der Waals surface area contributed by atoms with Gasteiger partial charge >= 0.3 is 0 Å². The molecule has 0 aliphatic carbocycles. The van der Waals surface area contributed by atoms with Crippen LogP contribution >= 0.6 is 0 Å². The summed E-state index contributed by atoms with van der Waals surface area (Å²) in [6, 6.07) is 0. The summed E-state index contributed by atoms with van der Waals surface area (Å²) in [7, 11) is 0. The Bertz CT molecular complexity index is 42.0. The summed E-state index contributed by atoms with van der Waals surface area (Å²) in [6.07, 6.45) is 6.97. The molecule has 0 fully saturated rings. The van der Waals surface area contributed by atoms with Crippen molar-refractivity contribution in [3.05, 3.63) is 0 Å². The van der Waals surface area contributed by atoms with E-state index in [1.807, 2.05) is 0 Å². The lowest BCUT2D eigenvalue weighted by molar-refractivity contribution is 0.427. The predicted molar refractivity (Wildman–Crippen MR) is 43.6 cm³/mol. The summed E-state index contributed by atoms with van der Waals surface area (Å²) in [6.45, 7) is 6.85. The second-order valence-electron chi connectivity index (χ2n) is 2.85. The molecule has 0 aliphatic heterocycles. The first-order valence-electron chi connectivity index (χ1n) is 4.35. The third kappa shape index (κ3) is 4.50. The topological polar surface area (TPSA) is 0 Å². The molecule has 0 atom stereocenters. The van der Waals surface area contributed by atoms with Gasteiger partial charge in [0.15, 0.2) is 0 Å². The maximum absolute atomic E-state index is 2.30. The van der Waals surface area contributed by atoms with Gasteiger partial charge in [-0.1, -0.05) is 52.9 Å². The molecule has 0 radical (unpaired) electrons. The molecule has 0 spiro atoms. The minimum atomic E-state index is 1.01. The molecule has 0 amide bonds. The highest BCUT2D eigenvalue weighted by molar-refractivity contribution is 4.54. The summed E-state index contributed by atoms with van der Waals surface area (Å²) < 4.78 is 0. The van der Waals surface area contributed by atoms with Crippen molar-refractivity contribution in [1.82, 2.24) is 0 Å². The van der Waals surface area contributed by atoms with Crippen molar-refractivity contribution in [3.63, 3.8) is 0 Å². The average molecular weight is 128 g/mol. The van der Waals surface area contributed by atoms with Gasteiger partial charge < -0.3 is 0 Å². The normalized spacial score (nSPS) is 10.7. The standard InChI is InChI=1S/C9H20/c1-4-7-9(6-3)8-5-2/h9H,4-8H2,1-3H3. The monoisotopic (exact) mass is 128 g/mol. The number of hydrogen-bond acceptors (Lipinski definition) is 0. The summed E-state index contributed by atoms with van der Waals surface area (Å²) in [5, 5.41) is 0. The first-order valence-corrected chi connectivity index (χ1v) is 4.35. The molecule has 0 unspecified atom stereocenters. The molecule has 0 aliphatic rings. The highest BCUT2D eigenvalue weighted by Gasteiger charge is 2.01. The van der Waals surface area contributed by atoms with E-state index in [2.05, 4.69) is 20.8 Å². The van der Waals surface area contributed by atoms with E-state index >= 15 is 0 Å². The maximum Gasteiger partial charge on any atom is -0.0417 e. The van der Waals surface area contributed by atoms with Crippen LogP contribution in [0.1, 0.15) is 52.9 Å². The van der Waals surface area contributed by atoms with Crippen LogP contribution in [0.25, 0.3) is 0 Å². The van der Waals surface area contributed by atoms with E-state index in [1.165, 1.54) is 32.1 Å². The Morgan fingerprint density at radius 2 is 1.33 bits per heavy atom. The zero-order valence-corrected chi connectivity index (χ0v) is 7.11. The molecule has 56 valence electrons. The third-order valence-electron chi connectivity index (χ3n) is 1.97. The molecule has 0 aromatic heterocycles. The Morgan fingerprint density at radius 1 is 0.889 bits per heavy atom. The van der Waals surface area contributed by atoms with Crippen molar-refractivity contribution in [2.75, 3.05) is 0 Å². The van der Waals surface area contributed by atoms with E-state index < -0.39 is 0 Å². The van der Waals surface area contributed by atoms with Crippen LogP contribution in [-0.4, -0.2) is 0 Å². The smallest absolute Gasteiger partial charge is 0.0417 e. The molecule has 0 rings (SSSR count). The van der Waals surface area contributed by atoms with E-state index in [9.17, 15) is 0 Å². The fraction of sp³-hybridized carbons (Fsp3) is 1.00. The lowest BCUT2D eigenvalue weighted by Gasteiger charge is -2.10. The van der Waals surface area contributed by atoms with Crippen LogP contribution in [0.5, 0.6) is 0 Å². The molecule has 0 aromatic carbocycles. The molecular formula is C9H20. The number of hydrogen-bond donors (Lipinski definition) is 0. The van der Waals surface area contributed by atoms with Crippen LogP contribution in [-0.2, 0) is 0 Å². The lowest BCUT2D eigenvalue weighted by atomic mass is 9.96. The van der Waals surface area contributed by atoms with Crippen molar-refractivity contribution in [2.45, 2.75) is 52.9 Å². The van der Waals surface area contributed by atoms with Gasteiger partial charge in [-0.05, 0) is 5.92 Å². The van der Waals surface area contributed by atoms with Crippen LogP contribution in [0.4, 0.5) is 0 Å². The van der Waals surface area contributed by atoms with E-state index in [0.29, 0.717) is 0 Å². The zero-order chi connectivity index (χ0) is 7.11. The minimum Gasteiger partial charge on any atom is -0.0654 e. The molecule has 0 aromatic rings. The molecule has 0 N–H and O–H groups in total. The largest absolute Gasteiger partial charge is 0.0654 e. The van der Waals surface area contributed by atoms with E-state index in [4.69, 9.17) is 0 Å². The van der Waals surface area contributed by atoms with Crippen molar-refractivity contribution < 1.29 is 0 Å². The quantitative estimate of drug-likeness (QED) is 0.530. The van der Waals surface area contributed by atoms with Gasteiger partial charge in [-0.3, -0.25) is 0 Å². The van der Waals surface area contributed by atoms with Gasteiger partial charge in [-0.2, -0.15) is 0 Å². The molecule has 9 heavy (non-hydrogen) atoms. The Labute approximate surface area is 59.7 Å². The van der Waals surface area contributed by atoms with Gasteiger partial charge in [-0.15, -0.1) is 0 Å². The van der Waals surface area contributed by atoms with Crippen LogP contribution < -0.4 is 0 Å².